The van der Waals surface area contributed by atoms with Crippen LogP contribution in [0, 0.1) is 10.1 Å². The Balaban J connectivity index is 1.60. The van der Waals surface area contributed by atoms with Gasteiger partial charge in [-0.2, -0.15) is 5.10 Å². The predicted octanol–water partition coefficient (Wildman–Crippen LogP) is 1.88. The Labute approximate surface area is 136 Å². The zero-order valence-corrected chi connectivity index (χ0v) is 12.4. The molecule has 8 heteroatoms. The number of hydrazone groups is 1. The predicted molar refractivity (Wildman–Crippen MR) is 85.2 cm³/mol. The molecule has 0 fully saturated rings. The van der Waals surface area contributed by atoms with Crippen molar-refractivity contribution in [3.05, 3.63) is 64.2 Å². The van der Waals surface area contributed by atoms with Gasteiger partial charge in [-0.1, -0.05) is 24.3 Å². The quantitative estimate of drug-likeness (QED) is 0.525. The maximum Gasteiger partial charge on any atom is 0.284 e. The number of carbonyl (C=O) groups excluding carboxylic acids is 1. The largest absolute Gasteiger partial charge is 0.485 e. The molecular formula is C16H13N3O5. The molecule has 3 rings (SSSR count). The lowest BCUT2D eigenvalue weighted by molar-refractivity contribution is -0.384. The maximum atomic E-state index is 12.0. The van der Waals surface area contributed by atoms with E-state index in [1.807, 2.05) is 6.07 Å². The SMILES string of the molecule is O=C(N/N=C\c1cccc([N+](=O)[O-])c1)[C@@H]1COc2ccccc2O1. The highest BCUT2D eigenvalue weighted by atomic mass is 16.6. The minimum absolute atomic E-state index is 0.0501. The van der Waals surface area contributed by atoms with Crippen LogP contribution in [0.3, 0.4) is 0 Å². The highest BCUT2D eigenvalue weighted by Gasteiger charge is 2.26. The van der Waals surface area contributed by atoms with Crippen LogP contribution in [-0.2, 0) is 4.79 Å². The highest BCUT2D eigenvalue weighted by molar-refractivity contribution is 5.85. The zero-order valence-electron chi connectivity index (χ0n) is 12.4. The van der Waals surface area contributed by atoms with Gasteiger partial charge in [-0.05, 0) is 12.1 Å². The van der Waals surface area contributed by atoms with Crippen molar-refractivity contribution in [3.63, 3.8) is 0 Å². The van der Waals surface area contributed by atoms with Gasteiger partial charge in [0.2, 0.25) is 6.10 Å². The van der Waals surface area contributed by atoms with Crippen LogP contribution in [0.5, 0.6) is 11.5 Å². The Morgan fingerprint density at radius 1 is 1.25 bits per heavy atom. The van der Waals surface area contributed by atoms with E-state index in [0.29, 0.717) is 17.1 Å². The van der Waals surface area contributed by atoms with Gasteiger partial charge in [-0.25, -0.2) is 5.43 Å². The summed E-state index contributed by atoms with van der Waals surface area (Å²) < 4.78 is 11.0. The van der Waals surface area contributed by atoms with Gasteiger partial charge in [0, 0.05) is 17.7 Å². The first-order valence-electron chi connectivity index (χ1n) is 7.09. The summed E-state index contributed by atoms with van der Waals surface area (Å²) in [7, 11) is 0. The summed E-state index contributed by atoms with van der Waals surface area (Å²) in [5, 5.41) is 14.5. The van der Waals surface area contributed by atoms with Crippen molar-refractivity contribution in [2.45, 2.75) is 6.10 Å². The van der Waals surface area contributed by atoms with Crippen molar-refractivity contribution in [3.8, 4) is 11.5 Å². The van der Waals surface area contributed by atoms with Gasteiger partial charge < -0.3 is 9.47 Å². The number of para-hydroxylation sites is 2. The molecule has 1 atom stereocenters. The molecule has 1 aliphatic rings. The van der Waals surface area contributed by atoms with Crippen LogP contribution in [0.1, 0.15) is 5.56 Å². The third-order valence-corrected chi connectivity index (χ3v) is 3.27. The molecule has 0 bridgehead atoms. The summed E-state index contributed by atoms with van der Waals surface area (Å²) in [6.45, 7) is 0.0785. The highest BCUT2D eigenvalue weighted by Crippen LogP contribution is 2.30. The first-order chi connectivity index (χ1) is 11.6. The fourth-order valence-corrected chi connectivity index (χ4v) is 2.11. The Morgan fingerprint density at radius 2 is 2.04 bits per heavy atom. The van der Waals surface area contributed by atoms with Crippen LogP contribution in [0.25, 0.3) is 0 Å². The molecule has 2 aromatic rings. The normalized spacial score (nSPS) is 15.9. The summed E-state index contributed by atoms with van der Waals surface area (Å²) in [5.41, 5.74) is 2.78. The Bertz CT molecular complexity index is 806. The number of nitrogens with one attached hydrogen (secondary N) is 1. The lowest BCUT2D eigenvalue weighted by Gasteiger charge is -2.24. The number of nitro benzene ring substituents is 1. The third-order valence-electron chi connectivity index (χ3n) is 3.27. The molecule has 0 aliphatic carbocycles. The number of non-ortho nitro benzene ring substituents is 1. The van der Waals surface area contributed by atoms with Gasteiger partial charge in [0.1, 0.15) is 6.61 Å². The van der Waals surface area contributed by atoms with Crippen molar-refractivity contribution in [1.82, 2.24) is 5.43 Å². The molecule has 0 unspecified atom stereocenters. The average Bonchev–Trinajstić information content (AvgIpc) is 2.61. The van der Waals surface area contributed by atoms with Crippen LogP contribution in [-0.4, -0.2) is 29.8 Å². The molecule has 0 spiro atoms. The zero-order chi connectivity index (χ0) is 16.9. The number of carbonyl (C=O) groups is 1. The van der Waals surface area contributed by atoms with Crippen LogP contribution in [0.2, 0.25) is 0 Å². The molecule has 0 saturated heterocycles. The Hall–Kier alpha value is -3.42. The first-order valence-corrected chi connectivity index (χ1v) is 7.09. The smallest absolute Gasteiger partial charge is 0.284 e. The summed E-state index contributed by atoms with van der Waals surface area (Å²) in [5.74, 6) is 0.611. The van der Waals surface area contributed by atoms with Gasteiger partial charge in [0.25, 0.3) is 11.6 Å². The molecule has 8 nitrogen and oxygen atoms in total. The molecule has 0 aromatic heterocycles. The average molecular weight is 327 g/mol. The van der Waals surface area contributed by atoms with Gasteiger partial charge in [-0.15, -0.1) is 0 Å². The number of ether oxygens (including phenoxy) is 2. The lowest BCUT2D eigenvalue weighted by atomic mass is 10.2. The number of benzene rings is 2. The van der Waals surface area contributed by atoms with Crippen molar-refractivity contribution in [2.24, 2.45) is 5.10 Å². The molecule has 1 N–H and O–H groups in total. The molecular weight excluding hydrogens is 314 g/mol. The first kappa shape index (κ1) is 15.5. The summed E-state index contributed by atoms with van der Waals surface area (Å²) in [6.07, 6.45) is 0.505. The fraction of sp³-hybridized carbons (Fsp3) is 0.125. The Kier molecular flexibility index (Phi) is 4.37. The standard InChI is InChI=1S/C16H13N3O5/c20-16(15-10-23-13-6-1-2-7-14(13)24-15)18-17-9-11-4-3-5-12(8-11)19(21)22/h1-9,15H,10H2,(H,18,20)/b17-9-/t15-/m0/s1. The number of amides is 1. The maximum absolute atomic E-state index is 12.0. The molecule has 1 aliphatic heterocycles. The molecule has 1 heterocycles. The minimum atomic E-state index is -0.817. The summed E-state index contributed by atoms with van der Waals surface area (Å²) >= 11 is 0. The second kappa shape index (κ2) is 6.78. The van der Waals surface area contributed by atoms with E-state index >= 15 is 0 Å². The van der Waals surface area contributed by atoms with E-state index in [1.165, 1.54) is 24.4 Å². The van der Waals surface area contributed by atoms with Gasteiger partial charge in [-0.3, -0.25) is 14.9 Å². The molecule has 2 aromatic carbocycles. The number of fused-ring (bicyclic) bond motifs is 1. The molecule has 0 saturated carbocycles. The van der Waals surface area contributed by atoms with Gasteiger partial charge >= 0.3 is 0 Å². The van der Waals surface area contributed by atoms with E-state index < -0.39 is 16.9 Å². The van der Waals surface area contributed by atoms with E-state index in [9.17, 15) is 14.9 Å². The third kappa shape index (κ3) is 3.49. The van der Waals surface area contributed by atoms with Gasteiger partial charge in [0.15, 0.2) is 11.5 Å². The molecule has 24 heavy (non-hydrogen) atoms. The Morgan fingerprint density at radius 3 is 2.83 bits per heavy atom. The number of hydrogen-bond donors (Lipinski definition) is 1. The second-order valence-electron chi connectivity index (χ2n) is 4.95. The van der Waals surface area contributed by atoms with Crippen LogP contribution < -0.4 is 14.9 Å². The minimum Gasteiger partial charge on any atom is -0.485 e. The van der Waals surface area contributed by atoms with Gasteiger partial charge in [0.05, 0.1) is 11.1 Å². The van der Waals surface area contributed by atoms with Crippen molar-refractivity contribution >= 4 is 17.8 Å². The number of nitro groups is 1. The van der Waals surface area contributed by atoms with Crippen LogP contribution in [0.15, 0.2) is 53.6 Å². The fourth-order valence-electron chi connectivity index (χ4n) is 2.11. The van der Waals surface area contributed by atoms with E-state index in [-0.39, 0.29) is 12.3 Å². The lowest BCUT2D eigenvalue weighted by Crippen LogP contribution is -2.42. The number of nitrogens with zero attached hydrogens (tertiary/aromatic N) is 2. The summed E-state index contributed by atoms with van der Waals surface area (Å²) in [6, 6.07) is 13.0. The second-order valence-corrected chi connectivity index (χ2v) is 4.95. The van der Waals surface area contributed by atoms with E-state index in [0.717, 1.165) is 0 Å². The number of hydrogen-bond acceptors (Lipinski definition) is 6. The van der Waals surface area contributed by atoms with E-state index in [4.69, 9.17) is 9.47 Å². The molecule has 1 amide bonds. The van der Waals surface area contributed by atoms with Crippen LogP contribution >= 0.6 is 0 Å². The monoisotopic (exact) mass is 327 g/mol. The van der Waals surface area contributed by atoms with E-state index in [1.54, 1.807) is 24.3 Å². The summed E-state index contributed by atoms with van der Waals surface area (Å²) in [4.78, 5) is 22.2. The van der Waals surface area contributed by atoms with E-state index in [2.05, 4.69) is 10.5 Å². The topological polar surface area (TPSA) is 103 Å². The van der Waals surface area contributed by atoms with Crippen molar-refractivity contribution in [1.29, 1.82) is 0 Å². The molecule has 0 radical (unpaired) electrons. The van der Waals surface area contributed by atoms with Crippen LogP contribution in [0.4, 0.5) is 5.69 Å². The van der Waals surface area contributed by atoms with Crippen molar-refractivity contribution < 1.29 is 19.2 Å². The number of rotatable bonds is 4. The molecule has 122 valence electrons. The van der Waals surface area contributed by atoms with Crippen molar-refractivity contribution in [2.75, 3.05) is 6.61 Å².